The Bertz CT molecular complexity index is 2050. The molecule has 3 heterocycles. The third-order valence-electron chi connectivity index (χ3n) is 13.1. The molecule has 4 saturated carbocycles. The van der Waals surface area contributed by atoms with Crippen molar-refractivity contribution in [1.29, 1.82) is 0 Å². The number of amides is 4. The molecule has 1 aromatic heterocycles. The zero-order valence-corrected chi connectivity index (χ0v) is 33.2. The number of carbonyl (C=O) groups excluding carboxylic acids is 4. The van der Waals surface area contributed by atoms with E-state index in [1.54, 1.807) is 6.92 Å². The molecule has 6 aliphatic rings. The molecule has 15 nitrogen and oxygen atoms in total. The van der Waals surface area contributed by atoms with Crippen molar-refractivity contribution in [3.8, 4) is 11.8 Å². The van der Waals surface area contributed by atoms with Gasteiger partial charge in [-0.3, -0.25) is 19.1 Å². The molecule has 3 N–H and O–H groups in total. The number of benzene rings is 1. The number of ether oxygens (including phenoxy) is 3. The lowest BCUT2D eigenvalue weighted by Gasteiger charge is -2.33. The lowest BCUT2D eigenvalue weighted by Crippen LogP contribution is -2.59. The Kier molecular flexibility index (Phi) is 9.93. The number of hydrogen-bond acceptors (Lipinski definition) is 11. The maximum Gasteiger partial charge on any atom is 0.408 e. The van der Waals surface area contributed by atoms with Crippen molar-refractivity contribution in [2.75, 3.05) is 13.7 Å². The Labute approximate surface area is 327 Å². The third kappa shape index (κ3) is 7.40. The molecule has 56 heavy (non-hydrogen) atoms. The highest BCUT2D eigenvalue weighted by molar-refractivity contribution is 7.91. The van der Waals surface area contributed by atoms with Crippen LogP contribution in [0, 0.1) is 29.6 Å². The molecule has 0 radical (unpaired) electrons. The molecule has 16 heteroatoms. The number of nitrogens with zero attached hydrogens (tertiary/aromatic N) is 3. The van der Waals surface area contributed by atoms with Gasteiger partial charge in [-0.05, 0) is 101 Å². The molecule has 1 unspecified atom stereocenters. The van der Waals surface area contributed by atoms with Crippen molar-refractivity contribution in [3.63, 3.8) is 0 Å². The summed E-state index contributed by atoms with van der Waals surface area (Å²) in [7, 11) is -2.50. The van der Waals surface area contributed by atoms with Crippen LogP contribution in [0.15, 0.2) is 36.4 Å². The number of allylic oxidation sites excluding steroid dienone is 1. The predicted molar refractivity (Wildman–Crippen MR) is 204 cm³/mol. The fourth-order valence-electron chi connectivity index (χ4n) is 9.12. The molecule has 4 aliphatic carbocycles. The molecule has 2 aliphatic heterocycles. The lowest BCUT2D eigenvalue weighted by molar-refractivity contribution is -0.142. The standard InChI is InChI=1S/C40H52N6O9S/c1-22-9-5-6-10-26-20-40(26,37(49)45-56(51,52)39(3)13-14-39)42-33(47)31-19-28(54-35-30-12-8-7-11-29(30)34(53-4)43-44-35)21-46(31)36(48)32(23(2)15-22)41-38(50)55-27-17-24-16-25(24)18-27/h6-8,10-12,22-28,31-32H,5,9,13-21H2,1-4H3,(H,41,50)(H,42,47)(H,45,49)/b10-6-/t22-,23+,24-,25+,26+,27?,28+,31-,32-,40+/m0/s1. The lowest BCUT2D eigenvalue weighted by atomic mass is 9.88. The number of methoxy groups -OCH3 is 1. The summed E-state index contributed by atoms with van der Waals surface area (Å²) in [4.78, 5) is 58.2. The van der Waals surface area contributed by atoms with Gasteiger partial charge in [0.15, 0.2) is 0 Å². The van der Waals surface area contributed by atoms with Crippen molar-refractivity contribution in [1.82, 2.24) is 30.5 Å². The van der Waals surface area contributed by atoms with Gasteiger partial charge in [-0.1, -0.05) is 38.1 Å². The van der Waals surface area contributed by atoms with Gasteiger partial charge in [-0.25, -0.2) is 13.2 Å². The topological polar surface area (TPSA) is 195 Å². The van der Waals surface area contributed by atoms with E-state index < -0.39 is 68.2 Å². The average molecular weight is 793 g/mol. The third-order valence-corrected chi connectivity index (χ3v) is 15.2. The maximum absolute atomic E-state index is 14.9. The molecule has 302 valence electrons. The van der Waals surface area contributed by atoms with Crippen molar-refractivity contribution in [3.05, 3.63) is 36.4 Å². The van der Waals surface area contributed by atoms with E-state index in [1.807, 2.05) is 43.3 Å². The minimum Gasteiger partial charge on any atom is -0.479 e. The predicted octanol–water partition coefficient (Wildman–Crippen LogP) is 3.77. The van der Waals surface area contributed by atoms with Crippen LogP contribution >= 0.6 is 0 Å². The van der Waals surface area contributed by atoms with Crippen molar-refractivity contribution in [2.24, 2.45) is 29.6 Å². The Morgan fingerprint density at radius 3 is 2.36 bits per heavy atom. The molecular weight excluding hydrogens is 741 g/mol. The summed E-state index contributed by atoms with van der Waals surface area (Å²) in [5.41, 5.74) is -1.53. The van der Waals surface area contributed by atoms with Crippen LogP contribution in [0.4, 0.5) is 4.79 Å². The van der Waals surface area contributed by atoms with Gasteiger partial charge in [0.2, 0.25) is 33.6 Å². The fourth-order valence-corrected chi connectivity index (χ4v) is 10.4. The number of aromatic nitrogens is 2. The first kappa shape index (κ1) is 38.4. The van der Waals surface area contributed by atoms with Gasteiger partial charge in [-0.2, -0.15) is 0 Å². The number of nitrogens with one attached hydrogen (secondary N) is 3. The van der Waals surface area contributed by atoms with Crippen LogP contribution in [0.5, 0.6) is 11.8 Å². The minimum absolute atomic E-state index is 0.0288. The summed E-state index contributed by atoms with van der Waals surface area (Å²) in [6.07, 6.45) is 8.26. The highest BCUT2D eigenvalue weighted by atomic mass is 32.2. The maximum atomic E-state index is 14.9. The molecule has 5 fully saturated rings. The van der Waals surface area contributed by atoms with E-state index in [9.17, 15) is 27.6 Å². The molecule has 1 aromatic carbocycles. The normalized spacial score (nSPS) is 35.4. The molecule has 2 aromatic rings. The first-order valence-corrected chi connectivity index (χ1v) is 21.5. The van der Waals surface area contributed by atoms with Crippen LogP contribution in [0.25, 0.3) is 10.8 Å². The monoisotopic (exact) mass is 792 g/mol. The smallest absolute Gasteiger partial charge is 0.408 e. The van der Waals surface area contributed by atoms with Crippen molar-refractivity contribution >= 4 is 44.6 Å². The Morgan fingerprint density at radius 2 is 1.66 bits per heavy atom. The molecular formula is C40H52N6O9S. The van der Waals surface area contributed by atoms with Crippen LogP contribution < -0.4 is 24.8 Å². The summed E-state index contributed by atoms with van der Waals surface area (Å²) in [6.45, 7) is 5.58. The molecule has 4 amide bonds. The van der Waals surface area contributed by atoms with Gasteiger partial charge in [-0.15, -0.1) is 10.2 Å². The van der Waals surface area contributed by atoms with E-state index in [0.29, 0.717) is 54.2 Å². The van der Waals surface area contributed by atoms with E-state index >= 15 is 0 Å². The minimum atomic E-state index is -4.00. The number of hydrogen-bond donors (Lipinski definition) is 3. The second-order valence-electron chi connectivity index (χ2n) is 17.4. The van der Waals surface area contributed by atoms with Crippen molar-refractivity contribution < 1.29 is 41.8 Å². The average Bonchev–Trinajstić information content (AvgIpc) is 4.12. The van der Waals surface area contributed by atoms with E-state index in [0.717, 1.165) is 19.3 Å². The van der Waals surface area contributed by atoms with E-state index in [2.05, 4.69) is 32.5 Å². The first-order valence-electron chi connectivity index (χ1n) is 20.0. The van der Waals surface area contributed by atoms with Crippen LogP contribution in [0.1, 0.15) is 85.0 Å². The van der Waals surface area contributed by atoms with Gasteiger partial charge in [0.1, 0.15) is 29.8 Å². The Balaban J connectivity index is 1.10. The highest BCUT2D eigenvalue weighted by Crippen LogP contribution is 2.52. The Morgan fingerprint density at radius 1 is 0.964 bits per heavy atom. The number of fused-ring (bicyclic) bond motifs is 4. The molecule has 0 spiro atoms. The van der Waals surface area contributed by atoms with E-state index in [1.165, 1.54) is 18.4 Å². The van der Waals surface area contributed by atoms with Crippen LogP contribution in [0.3, 0.4) is 0 Å². The largest absolute Gasteiger partial charge is 0.479 e. The van der Waals surface area contributed by atoms with E-state index in [-0.39, 0.29) is 43.2 Å². The van der Waals surface area contributed by atoms with E-state index in [4.69, 9.17) is 14.2 Å². The Hall–Kier alpha value is -4.47. The van der Waals surface area contributed by atoms with Gasteiger partial charge >= 0.3 is 6.09 Å². The quantitative estimate of drug-likeness (QED) is 0.330. The summed E-state index contributed by atoms with van der Waals surface area (Å²) in [5.74, 6) is -0.794. The SMILES string of the molecule is COc1nnc(O[C@@H]2C[C@H]3C(=O)N[C@]4(C(=O)NS(=O)(=O)C5(C)CC5)C[C@H]4/C=C\CC[C@H](C)C[C@@H](C)[C@H](NC(=O)OC4C[C@@H]5C[C@@H]5C4)C(=O)N3C2)c2ccccc12. The highest BCUT2D eigenvalue weighted by Gasteiger charge is 2.63. The van der Waals surface area contributed by atoms with Gasteiger partial charge in [0.05, 0.1) is 29.2 Å². The summed E-state index contributed by atoms with van der Waals surface area (Å²) in [5, 5.41) is 15.6. The van der Waals surface area contributed by atoms with Crippen LogP contribution in [-0.2, 0) is 29.1 Å². The molecule has 1 saturated heterocycles. The second-order valence-corrected chi connectivity index (χ2v) is 19.6. The summed E-state index contributed by atoms with van der Waals surface area (Å²) >= 11 is 0. The van der Waals surface area contributed by atoms with Crippen LogP contribution in [0.2, 0.25) is 0 Å². The fraction of sp³-hybridized carbons (Fsp3) is 0.650. The second kappa shape index (κ2) is 14.5. The number of alkyl carbamates (subject to hydrolysis) is 1. The summed E-state index contributed by atoms with van der Waals surface area (Å²) < 4.78 is 45.3. The van der Waals surface area contributed by atoms with Crippen molar-refractivity contribution in [2.45, 2.75) is 120 Å². The number of carbonyl (C=O) groups is 4. The van der Waals surface area contributed by atoms with Gasteiger partial charge in [0, 0.05) is 12.3 Å². The number of sulfonamides is 1. The van der Waals surface area contributed by atoms with Gasteiger partial charge in [0.25, 0.3) is 5.91 Å². The van der Waals surface area contributed by atoms with Crippen LogP contribution in [-0.4, -0.2) is 95.6 Å². The first-order chi connectivity index (χ1) is 26.7. The zero-order valence-electron chi connectivity index (χ0n) is 32.4. The van der Waals surface area contributed by atoms with Gasteiger partial charge < -0.3 is 29.7 Å². The molecule has 10 atom stereocenters. The summed E-state index contributed by atoms with van der Waals surface area (Å²) in [6, 6.07) is 5.15. The molecule has 0 bridgehead atoms. The number of rotatable bonds is 8. The molecule has 8 rings (SSSR count). The zero-order chi connectivity index (χ0) is 39.6.